The molecular formula is C32H17N5. The Hall–Kier alpha value is -5.70. The minimum atomic E-state index is 0.445. The van der Waals surface area contributed by atoms with Gasteiger partial charge >= 0.3 is 0 Å². The first-order valence-electron chi connectivity index (χ1n) is 11.6. The second-order valence-electron chi connectivity index (χ2n) is 8.62. The number of aromatic nitrogens is 2. The molecule has 2 aromatic heterocycles. The van der Waals surface area contributed by atoms with Gasteiger partial charge in [-0.3, -0.25) is 4.98 Å². The predicted octanol–water partition coefficient (Wildman–Crippen LogP) is 7.13. The molecule has 4 aromatic carbocycles. The second kappa shape index (κ2) is 8.82. The van der Waals surface area contributed by atoms with E-state index in [0.717, 1.165) is 49.7 Å². The second-order valence-corrected chi connectivity index (χ2v) is 8.62. The van der Waals surface area contributed by atoms with Crippen LogP contribution in [0.25, 0.3) is 49.7 Å². The quantitative estimate of drug-likeness (QED) is 0.275. The maximum absolute atomic E-state index is 9.92. The molecule has 0 N–H and O–H groups in total. The minimum absolute atomic E-state index is 0.445. The smallest absolute Gasteiger partial charge is 0.0998 e. The lowest BCUT2D eigenvalue weighted by Gasteiger charge is -2.14. The summed E-state index contributed by atoms with van der Waals surface area (Å²) in [6, 6.07) is 35.8. The average Bonchev–Trinajstić information content (AvgIpc) is 3.31. The molecule has 0 bridgehead atoms. The van der Waals surface area contributed by atoms with E-state index < -0.39 is 0 Å². The maximum atomic E-state index is 9.92. The van der Waals surface area contributed by atoms with Crippen LogP contribution in [0.3, 0.4) is 0 Å². The molecule has 0 saturated carbocycles. The van der Waals surface area contributed by atoms with Gasteiger partial charge in [-0.1, -0.05) is 42.5 Å². The molecule has 0 amide bonds. The number of nitrogens with zero attached hydrogens (tertiary/aromatic N) is 5. The highest BCUT2D eigenvalue weighted by atomic mass is 15.0. The van der Waals surface area contributed by atoms with Crippen LogP contribution in [0.4, 0.5) is 0 Å². The molecular weight excluding hydrogens is 454 g/mol. The van der Waals surface area contributed by atoms with Crippen LogP contribution in [0.15, 0.2) is 103 Å². The highest BCUT2D eigenvalue weighted by Crippen LogP contribution is 2.40. The van der Waals surface area contributed by atoms with Crippen molar-refractivity contribution in [3.63, 3.8) is 0 Å². The first-order chi connectivity index (χ1) is 18.2. The summed E-state index contributed by atoms with van der Waals surface area (Å²) in [6.45, 7) is 0. The fraction of sp³-hybridized carbons (Fsp3) is 0. The van der Waals surface area contributed by atoms with Crippen molar-refractivity contribution >= 4 is 21.8 Å². The van der Waals surface area contributed by atoms with E-state index in [9.17, 15) is 15.8 Å². The summed E-state index contributed by atoms with van der Waals surface area (Å²) in [5.74, 6) is 0. The Kier molecular flexibility index (Phi) is 5.20. The Bertz CT molecular complexity index is 1960. The molecule has 2 heterocycles. The highest BCUT2D eigenvalue weighted by molar-refractivity contribution is 6.14. The van der Waals surface area contributed by atoms with Crippen molar-refractivity contribution in [2.75, 3.05) is 0 Å². The van der Waals surface area contributed by atoms with Crippen molar-refractivity contribution in [2.45, 2.75) is 0 Å². The summed E-state index contributed by atoms with van der Waals surface area (Å²) in [5.41, 5.74) is 7.73. The van der Waals surface area contributed by atoms with Crippen LogP contribution in [0.1, 0.15) is 16.7 Å². The lowest BCUT2D eigenvalue weighted by molar-refractivity contribution is 1.18. The molecule has 5 heteroatoms. The molecule has 37 heavy (non-hydrogen) atoms. The molecule has 170 valence electrons. The zero-order chi connectivity index (χ0) is 25.4. The number of nitriles is 3. The van der Waals surface area contributed by atoms with Gasteiger partial charge in [-0.05, 0) is 54.1 Å². The normalized spacial score (nSPS) is 10.6. The first-order valence-corrected chi connectivity index (χ1v) is 11.6. The predicted molar refractivity (Wildman–Crippen MR) is 144 cm³/mol. The van der Waals surface area contributed by atoms with Gasteiger partial charge in [0.1, 0.15) is 0 Å². The topological polar surface area (TPSA) is 89.2 Å². The van der Waals surface area contributed by atoms with Gasteiger partial charge in [0.25, 0.3) is 0 Å². The first kappa shape index (κ1) is 21.8. The summed E-state index contributed by atoms with van der Waals surface area (Å²) < 4.78 is 2.19. The molecule has 6 rings (SSSR count). The number of hydrogen-bond donors (Lipinski definition) is 0. The molecule has 0 aliphatic carbocycles. The molecule has 5 nitrogen and oxygen atoms in total. The maximum Gasteiger partial charge on any atom is 0.0998 e. The largest absolute Gasteiger partial charge is 0.309 e. The van der Waals surface area contributed by atoms with E-state index in [1.165, 1.54) is 0 Å². The summed E-state index contributed by atoms with van der Waals surface area (Å²) in [7, 11) is 0. The van der Waals surface area contributed by atoms with Gasteiger partial charge in [-0.15, -0.1) is 0 Å². The number of fused-ring (bicyclic) bond motifs is 3. The van der Waals surface area contributed by atoms with Crippen LogP contribution < -0.4 is 0 Å². The van der Waals surface area contributed by atoms with Crippen molar-refractivity contribution in [3.05, 3.63) is 120 Å². The van der Waals surface area contributed by atoms with Crippen LogP contribution >= 0.6 is 0 Å². The van der Waals surface area contributed by atoms with Crippen molar-refractivity contribution in [1.29, 1.82) is 15.8 Å². The Labute approximate surface area is 213 Å². The summed E-state index contributed by atoms with van der Waals surface area (Å²) in [4.78, 5) is 4.12. The zero-order valence-electron chi connectivity index (χ0n) is 19.6. The number of benzene rings is 4. The van der Waals surface area contributed by atoms with Crippen LogP contribution in [0.5, 0.6) is 0 Å². The van der Waals surface area contributed by atoms with E-state index >= 15 is 0 Å². The Morgan fingerprint density at radius 3 is 2.16 bits per heavy atom. The van der Waals surface area contributed by atoms with E-state index in [1.807, 2.05) is 60.7 Å². The molecule has 6 aromatic rings. The Balaban J connectivity index is 1.72. The van der Waals surface area contributed by atoms with Gasteiger partial charge in [0.05, 0.1) is 45.9 Å². The monoisotopic (exact) mass is 471 g/mol. The van der Waals surface area contributed by atoms with Gasteiger partial charge in [0, 0.05) is 45.5 Å². The number of hydrogen-bond acceptors (Lipinski definition) is 4. The highest BCUT2D eigenvalue weighted by Gasteiger charge is 2.19. The van der Waals surface area contributed by atoms with Crippen LogP contribution in [-0.2, 0) is 0 Å². The number of rotatable bonds is 3. The van der Waals surface area contributed by atoms with E-state index in [2.05, 4.69) is 46.0 Å². The van der Waals surface area contributed by atoms with Gasteiger partial charge in [0.15, 0.2) is 0 Å². The van der Waals surface area contributed by atoms with Gasteiger partial charge in [-0.2, -0.15) is 15.8 Å². The third-order valence-electron chi connectivity index (χ3n) is 6.63. The SMILES string of the molecule is N#Cc1ccc(-c2cccc3c4ccccc4n(-c4ccc(C#N)c(-c5ccncc5)c4)c23)c(C#N)c1. The van der Waals surface area contributed by atoms with Crippen molar-refractivity contribution in [2.24, 2.45) is 0 Å². The third kappa shape index (κ3) is 3.50. The van der Waals surface area contributed by atoms with E-state index in [0.29, 0.717) is 16.7 Å². The van der Waals surface area contributed by atoms with Crippen molar-refractivity contribution in [3.8, 4) is 46.1 Å². The zero-order valence-corrected chi connectivity index (χ0v) is 19.6. The molecule has 0 aliphatic rings. The molecule has 0 unspecified atom stereocenters. The van der Waals surface area contributed by atoms with E-state index in [-0.39, 0.29) is 0 Å². The lowest BCUT2D eigenvalue weighted by Crippen LogP contribution is -1.98. The molecule has 0 fully saturated rings. The standard InChI is InChI=1S/C32H17N5/c33-18-21-8-11-26(24(16-21)20-35)28-5-3-6-29-27-4-1-2-7-31(27)37(32(28)29)25-10-9-23(19-34)30(17-25)22-12-14-36-15-13-22/h1-17H. The number of pyridine rings is 1. The molecule has 0 spiro atoms. The van der Waals surface area contributed by atoms with Crippen LogP contribution in [0, 0.1) is 34.0 Å². The molecule has 0 atom stereocenters. The van der Waals surface area contributed by atoms with Crippen LogP contribution in [0.2, 0.25) is 0 Å². The van der Waals surface area contributed by atoms with Gasteiger partial charge < -0.3 is 4.57 Å². The summed E-state index contributed by atoms with van der Waals surface area (Å²) in [6.07, 6.45) is 3.44. The Morgan fingerprint density at radius 2 is 1.38 bits per heavy atom. The number of para-hydroxylation sites is 2. The Morgan fingerprint density at radius 1 is 0.595 bits per heavy atom. The minimum Gasteiger partial charge on any atom is -0.309 e. The average molecular weight is 472 g/mol. The van der Waals surface area contributed by atoms with E-state index in [1.54, 1.807) is 24.5 Å². The van der Waals surface area contributed by atoms with Gasteiger partial charge in [0.2, 0.25) is 0 Å². The lowest BCUT2D eigenvalue weighted by atomic mass is 9.96. The third-order valence-corrected chi connectivity index (χ3v) is 6.63. The molecule has 0 aliphatic heterocycles. The van der Waals surface area contributed by atoms with E-state index in [4.69, 9.17) is 0 Å². The molecule has 0 saturated heterocycles. The van der Waals surface area contributed by atoms with Crippen molar-refractivity contribution < 1.29 is 0 Å². The van der Waals surface area contributed by atoms with Crippen LogP contribution in [-0.4, -0.2) is 9.55 Å². The summed E-state index contributed by atoms with van der Waals surface area (Å²) >= 11 is 0. The van der Waals surface area contributed by atoms with Gasteiger partial charge in [-0.25, -0.2) is 0 Å². The fourth-order valence-electron chi connectivity index (χ4n) is 4.98. The fourth-order valence-corrected chi connectivity index (χ4v) is 4.98. The summed E-state index contributed by atoms with van der Waals surface area (Å²) in [5, 5.41) is 31.2. The molecule has 0 radical (unpaired) electrons. The van der Waals surface area contributed by atoms with Crippen molar-refractivity contribution in [1.82, 2.24) is 9.55 Å².